The van der Waals surface area contributed by atoms with Gasteiger partial charge in [-0.05, 0) is 35.9 Å². The molecule has 5 heteroatoms. The molecule has 1 aliphatic carbocycles. The number of fused-ring (bicyclic) bond motifs is 7. The number of hydrogen-bond donors (Lipinski definition) is 0. The zero-order valence-electron chi connectivity index (χ0n) is 23.6. The third-order valence-corrected chi connectivity index (χ3v) is 9.93. The summed E-state index contributed by atoms with van der Waals surface area (Å²) in [6.45, 7) is 4.59. The monoisotopic (exact) mass is 571 g/mol. The maximum atomic E-state index is 6.11. The third-order valence-electron chi connectivity index (χ3n) is 8.71. The van der Waals surface area contributed by atoms with E-state index >= 15 is 0 Å². The first-order valence-corrected chi connectivity index (χ1v) is 15.3. The van der Waals surface area contributed by atoms with Crippen molar-refractivity contribution in [3.05, 3.63) is 126 Å². The molecule has 0 saturated carbocycles. The Hall–Kier alpha value is -5.13. The van der Waals surface area contributed by atoms with Gasteiger partial charge in [-0.3, -0.25) is 0 Å². The van der Waals surface area contributed by atoms with E-state index in [1.807, 2.05) is 47.7 Å². The van der Waals surface area contributed by atoms with E-state index in [0.29, 0.717) is 11.7 Å². The molecule has 43 heavy (non-hydrogen) atoms. The molecule has 8 aromatic rings. The van der Waals surface area contributed by atoms with Crippen LogP contribution >= 0.6 is 11.3 Å². The highest BCUT2D eigenvalue weighted by molar-refractivity contribution is 7.26. The maximum Gasteiger partial charge on any atom is 0.227 e. The van der Waals surface area contributed by atoms with Crippen molar-refractivity contribution in [2.75, 3.05) is 0 Å². The summed E-state index contributed by atoms with van der Waals surface area (Å²) in [6, 6.07) is 40.0. The van der Waals surface area contributed by atoms with Gasteiger partial charge in [-0.25, -0.2) is 15.0 Å². The Morgan fingerprint density at radius 2 is 1.33 bits per heavy atom. The molecular weight excluding hydrogens is 547 g/mol. The number of nitrogens with zero attached hydrogens (tertiary/aromatic N) is 3. The Bertz CT molecular complexity index is 2360. The van der Waals surface area contributed by atoms with Crippen molar-refractivity contribution in [1.82, 2.24) is 15.0 Å². The highest BCUT2D eigenvalue weighted by Crippen LogP contribution is 2.52. The number of rotatable bonds is 3. The van der Waals surface area contributed by atoms with Crippen LogP contribution in [-0.4, -0.2) is 15.0 Å². The van der Waals surface area contributed by atoms with Crippen LogP contribution in [0.5, 0.6) is 0 Å². The standard InChI is InChI=1S/C38H25N3OS/c1-38(2)28-17-5-3-14-26(28)33-32(38)34(27-16-10-15-25-24-13-4-8-20-31(24)43-35(25)27)41-36(40-33)22-11-9-12-23(21-22)37-39-29-18-6-7-19-30(29)42-37/h3-21H,1-2H3. The number of aromatic nitrogens is 3. The van der Waals surface area contributed by atoms with E-state index in [1.54, 1.807) is 0 Å². The topological polar surface area (TPSA) is 51.8 Å². The lowest BCUT2D eigenvalue weighted by Gasteiger charge is -2.24. The second-order valence-corrected chi connectivity index (χ2v) is 12.7. The smallest absolute Gasteiger partial charge is 0.227 e. The second kappa shape index (κ2) is 8.93. The number of benzene rings is 5. The number of thiophene rings is 1. The highest BCUT2D eigenvalue weighted by atomic mass is 32.1. The molecule has 204 valence electrons. The van der Waals surface area contributed by atoms with Crippen LogP contribution in [0.4, 0.5) is 0 Å². The molecule has 4 nitrogen and oxygen atoms in total. The van der Waals surface area contributed by atoms with Crippen molar-refractivity contribution < 1.29 is 4.42 Å². The SMILES string of the molecule is CC1(C)c2ccccc2-c2nc(-c3cccc(-c4nc5ccccc5o4)c3)nc(-c3cccc4c3sc3ccccc34)c21. The summed E-state index contributed by atoms with van der Waals surface area (Å²) >= 11 is 1.83. The minimum absolute atomic E-state index is 0.251. The summed E-state index contributed by atoms with van der Waals surface area (Å²) in [7, 11) is 0. The van der Waals surface area contributed by atoms with Crippen molar-refractivity contribution in [3.63, 3.8) is 0 Å². The molecule has 1 aliphatic rings. The molecule has 5 aromatic carbocycles. The van der Waals surface area contributed by atoms with Crippen LogP contribution in [0.3, 0.4) is 0 Å². The van der Waals surface area contributed by atoms with E-state index in [1.165, 1.54) is 36.9 Å². The van der Waals surface area contributed by atoms with E-state index in [-0.39, 0.29) is 5.41 Å². The van der Waals surface area contributed by atoms with Crippen molar-refractivity contribution in [2.24, 2.45) is 0 Å². The molecule has 3 heterocycles. The van der Waals surface area contributed by atoms with Crippen molar-refractivity contribution in [1.29, 1.82) is 0 Å². The first-order valence-electron chi connectivity index (χ1n) is 14.5. The molecule has 0 fully saturated rings. The normalized spacial score (nSPS) is 13.5. The Kier molecular flexibility index (Phi) is 5.08. The quantitative estimate of drug-likeness (QED) is 0.212. The zero-order chi connectivity index (χ0) is 28.7. The van der Waals surface area contributed by atoms with E-state index in [4.69, 9.17) is 19.4 Å². The minimum atomic E-state index is -0.251. The molecule has 0 unspecified atom stereocenters. The van der Waals surface area contributed by atoms with Crippen molar-refractivity contribution >= 4 is 42.6 Å². The number of hydrogen-bond acceptors (Lipinski definition) is 5. The summed E-state index contributed by atoms with van der Waals surface area (Å²) < 4.78 is 8.65. The van der Waals surface area contributed by atoms with E-state index < -0.39 is 0 Å². The minimum Gasteiger partial charge on any atom is -0.436 e. The Labute approximate surface area is 252 Å². The van der Waals surface area contributed by atoms with Gasteiger partial charge in [0.25, 0.3) is 0 Å². The first-order chi connectivity index (χ1) is 21.1. The van der Waals surface area contributed by atoms with Gasteiger partial charge in [-0.2, -0.15) is 0 Å². The fraction of sp³-hybridized carbons (Fsp3) is 0.0789. The van der Waals surface area contributed by atoms with Gasteiger partial charge in [-0.1, -0.05) is 98.8 Å². The molecular formula is C38H25N3OS. The first kappa shape index (κ1) is 24.5. The molecule has 0 radical (unpaired) electrons. The maximum absolute atomic E-state index is 6.11. The summed E-state index contributed by atoms with van der Waals surface area (Å²) in [5.74, 6) is 1.28. The highest BCUT2D eigenvalue weighted by Gasteiger charge is 2.40. The van der Waals surface area contributed by atoms with Crippen molar-refractivity contribution in [3.8, 4) is 45.4 Å². The van der Waals surface area contributed by atoms with Crippen LogP contribution in [0.1, 0.15) is 25.0 Å². The molecule has 0 bridgehead atoms. The predicted molar refractivity (Wildman–Crippen MR) is 176 cm³/mol. The van der Waals surface area contributed by atoms with Crippen LogP contribution in [0.2, 0.25) is 0 Å². The molecule has 3 aromatic heterocycles. The average Bonchev–Trinajstić information content (AvgIpc) is 3.72. The zero-order valence-corrected chi connectivity index (χ0v) is 24.4. The fourth-order valence-corrected chi connectivity index (χ4v) is 7.88. The average molecular weight is 572 g/mol. The van der Waals surface area contributed by atoms with Gasteiger partial charge in [0.2, 0.25) is 5.89 Å². The van der Waals surface area contributed by atoms with Gasteiger partial charge in [0.05, 0.1) is 11.4 Å². The molecule has 0 saturated heterocycles. The molecule has 9 rings (SSSR count). The van der Waals surface area contributed by atoms with Gasteiger partial charge in [-0.15, -0.1) is 11.3 Å². The van der Waals surface area contributed by atoms with Crippen LogP contribution in [0, 0.1) is 0 Å². The van der Waals surface area contributed by atoms with Crippen molar-refractivity contribution in [2.45, 2.75) is 19.3 Å². The number of para-hydroxylation sites is 2. The van der Waals surface area contributed by atoms with Gasteiger partial charge in [0, 0.05) is 53.4 Å². The molecule has 0 spiro atoms. The van der Waals surface area contributed by atoms with Crippen LogP contribution < -0.4 is 0 Å². The lowest BCUT2D eigenvalue weighted by atomic mass is 9.80. The lowest BCUT2D eigenvalue weighted by molar-refractivity contribution is 0.620. The Morgan fingerprint density at radius 1 is 0.628 bits per heavy atom. The van der Waals surface area contributed by atoms with Gasteiger partial charge in [0.15, 0.2) is 11.4 Å². The number of oxazole rings is 1. The summed E-state index contributed by atoms with van der Waals surface area (Å²) in [5.41, 5.74) is 9.96. The van der Waals surface area contributed by atoms with Crippen LogP contribution in [0.15, 0.2) is 120 Å². The summed E-state index contributed by atoms with van der Waals surface area (Å²) in [6.07, 6.45) is 0. The largest absolute Gasteiger partial charge is 0.436 e. The Morgan fingerprint density at radius 3 is 2.23 bits per heavy atom. The fourth-order valence-electron chi connectivity index (χ4n) is 6.66. The summed E-state index contributed by atoms with van der Waals surface area (Å²) in [4.78, 5) is 15.4. The van der Waals surface area contributed by atoms with Gasteiger partial charge < -0.3 is 4.42 Å². The van der Waals surface area contributed by atoms with Crippen LogP contribution in [0.25, 0.3) is 76.6 Å². The molecule has 0 atom stereocenters. The van der Waals surface area contributed by atoms with E-state index in [9.17, 15) is 0 Å². The molecule has 0 N–H and O–H groups in total. The molecule has 0 aliphatic heterocycles. The van der Waals surface area contributed by atoms with Gasteiger partial charge >= 0.3 is 0 Å². The van der Waals surface area contributed by atoms with Gasteiger partial charge in [0.1, 0.15) is 5.52 Å². The Balaban J connectivity index is 1.31. The third kappa shape index (κ3) is 3.58. The van der Waals surface area contributed by atoms with Crippen LogP contribution in [-0.2, 0) is 5.41 Å². The summed E-state index contributed by atoms with van der Waals surface area (Å²) in [5, 5.41) is 2.54. The lowest BCUT2D eigenvalue weighted by Crippen LogP contribution is -2.17. The second-order valence-electron chi connectivity index (χ2n) is 11.6. The van der Waals surface area contributed by atoms with E-state index in [2.05, 4.69) is 92.7 Å². The predicted octanol–water partition coefficient (Wildman–Crippen LogP) is 10.3. The van der Waals surface area contributed by atoms with E-state index in [0.717, 1.165) is 39.2 Å². The molecule has 0 amide bonds.